The number of fused-ring (bicyclic) bond motifs is 1. The van der Waals surface area contributed by atoms with Crippen molar-refractivity contribution in [2.75, 3.05) is 18.2 Å². The number of rotatable bonds is 8. The average molecular weight is 549 g/mol. The van der Waals surface area contributed by atoms with Crippen molar-refractivity contribution in [3.8, 4) is 5.88 Å². The molecule has 1 saturated carbocycles. The summed E-state index contributed by atoms with van der Waals surface area (Å²) in [5, 5.41) is 11.5. The van der Waals surface area contributed by atoms with Gasteiger partial charge in [0.2, 0.25) is 11.8 Å². The van der Waals surface area contributed by atoms with Gasteiger partial charge in [0.15, 0.2) is 15.6 Å². The molecule has 5 rings (SSSR count). The Hall–Kier alpha value is -3.66. The van der Waals surface area contributed by atoms with Crippen molar-refractivity contribution in [1.82, 2.24) is 15.2 Å². The third-order valence-electron chi connectivity index (χ3n) is 7.74. The van der Waals surface area contributed by atoms with Gasteiger partial charge in [0.25, 0.3) is 0 Å². The van der Waals surface area contributed by atoms with Crippen LogP contribution in [-0.4, -0.2) is 48.2 Å². The molecule has 0 saturated heterocycles. The number of nitrogens with one attached hydrogen (secondary N) is 1. The van der Waals surface area contributed by atoms with E-state index in [4.69, 9.17) is 4.74 Å². The van der Waals surface area contributed by atoms with E-state index in [0.29, 0.717) is 53.0 Å². The second-order valence-corrected chi connectivity index (χ2v) is 12.8. The van der Waals surface area contributed by atoms with Gasteiger partial charge in [0.05, 0.1) is 41.0 Å². The van der Waals surface area contributed by atoms with Crippen LogP contribution in [0.2, 0.25) is 0 Å². The Kier molecular flexibility index (Phi) is 7.00. The second-order valence-electron chi connectivity index (χ2n) is 10.5. The quantitative estimate of drug-likeness (QED) is 0.445. The minimum Gasteiger partial charge on any atom is -0.480 e. The van der Waals surface area contributed by atoms with Gasteiger partial charge in [-0.25, -0.2) is 13.4 Å². The molecule has 1 aromatic carbocycles. The summed E-state index contributed by atoms with van der Waals surface area (Å²) < 4.78 is 29.4. The maximum absolute atomic E-state index is 13.8. The monoisotopic (exact) mass is 548 g/mol. The first kappa shape index (κ1) is 26.9. The molecule has 1 unspecified atom stereocenters. The molecule has 1 fully saturated rings. The number of aryl methyl sites for hydroxylation is 2. The summed E-state index contributed by atoms with van der Waals surface area (Å²) in [5.74, 6) is 1.01. The summed E-state index contributed by atoms with van der Waals surface area (Å²) in [6.45, 7) is 5.36. The van der Waals surface area contributed by atoms with Gasteiger partial charge < -0.3 is 10.1 Å². The standard InChI is InChI=1S/C29H32N4O5S/c1-5-39(36,37)20-10-6-18(7-11-20)15-25(34)31-24-14-17(2)26-22(30-24)12-13-29(3,27(26)35)23-16-21(19-8-9-19)28(38-4)33-32-23/h6-7,10-11,14,16,19H,5,8-9,12-13,15H2,1-4H3,(H,30,31,34). The molecule has 1 amide bonds. The first-order valence-corrected chi connectivity index (χ1v) is 14.8. The zero-order chi connectivity index (χ0) is 27.9. The second kappa shape index (κ2) is 10.1. The third-order valence-corrected chi connectivity index (χ3v) is 9.49. The third kappa shape index (κ3) is 5.17. The zero-order valence-corrected chi connectivity index (χ0v) is 23.4. The van der Waals surface area contributed by atoms with Gasteiger partial charge in [-0.3, -0.25) is 9.59 Å². The lowest BCUT2D eigenvalue weighted by molar-refractivity contribution is -0.115. The highest BCUT2D eigenvalue weighted by molar-refractivity contribution is 7.91. The Labute approximate surface area is 228 Å². The topological polar surface area (TPSA) is 128 Å². The zero-order valence-electron chi connectivity index (χ0n) is 22.6. The lowest BCUT2D eigenvalue weighted by atomic mass is 9.70. The van der Waals surface area contributed by atoms with Crippen LogP contribution in [0.25, 0.3) is 0 Å². The number of nitrogens with zero attached hydrogens (tertiary/aromatic N) is 3. The number of pyridine rings is 1. The largest absolute Gasteiger partial charge is 0.480 e. The van der Waals surface area contributed by atoms with Crippen molar-refractivity contribution in [3.05, 3.63) is 70.0 Å². The number of methoxy groups -OCH3 is 1. The fourth-order valence-corrected chi connectivity index (χ4v) is 6.04. The highest BCUT2D eigenvalue weighted by Crippen LogP contribution is 2.46. The molecule has 204 valence electrons. The molecule has 2 aliphatic rings. The van der Waals surface area contributed by atoms with Crippen LogP contribution in [-0.2, 0) is 32.9 Å². The first-order valence-electron chi connectivity index (χ1n) is 13.1. The van der Waals surface area contributed by atoms with E-state index >= 15 is 0 Å². The number of hydrogen-bond acceptors (Lipinski definition) is 8. The Morgan fingerprint density at radius 2 is 1.87 bits per heavy atom. The summed E-state index contributed by atoms with van der Waals surface area (Å²) >= 11 is 0. The first-order chi connectivity index (χ1) is 18.6. The summed E-state index contributed by atoms with van der Waals surface area (Å²) in [5.41, 5.74) is 3.49. The molecule has 0 bridgehead atoms. The number of Topliss-reactive ketones (excluding diaryl/α,β-unsaturated/α-hetero) is 1. The number of anilines is 1. The van der Waals surface area contributed by atoms with Crippen LogP contribution in [0.5, 0.6) is 5.88 Å². The fraction of sp³-hybridized carbons (Fsp3) is 0.414. The number of amides is 1. The number of aromatic nitrogens is 3. The van der Waals surface area contributed by atoms with Crippen molar-refractivity contribution in [2.45, 2.75) is 69.1 Å². The molecule has 10 heteroatoms. The molecule has 0 spiro atoms. The lowest BCUT2D eigenvalue weighted by Crippen LogP contribution is -2.39. The maximum atomic E-state index is 13.8. The molecule has 39 heavy (non-hydrogen) atoms. The maximum Gasteiger partial charge on any atom is 0.236 e. The van der Waals surface area contributed by atoms with Crippen molar-refractivity contribution in [2.24, 2.45) is 0 Å². The van der Waals surface area contributed by atoms with E-state index in [2.05, 4.69) is 20.5 Å². The highest BCUT2D eigenvalue weighted by atomic mass is 32.2. The molecule has 9 nitrogen and oxygen atoms in total. The Balaban J connectivity index is 1.34. The molecule has 3 aromatic rings. The summed E-state index contributed by atoms with van der Waals surface area (Å²) in [7, 11) is -1.71. The van der Waals surface area contributed by atoms with Crippen LogP contribution in [0.4, 0.5) is 5.82 Å². The molecular formula is C29H32N4O5S. The Morgan fingerprint density at radius 3 is 2.51 bits per heavy atom. The van der Waals surface area contributed by atoms with Gasteiger partial charge in [-0.2, -0.15) is 5.10 Å². The number of carbonyl (C=O) groups is 2. The van der Waals surface area contributed by atoms with E-state index in [1.807, 2.05) is 19.9 Å². The van der Waals surface area contributed by atoms with Gasteiger partial charge in [0.1, 0.15) is 5.82 Å². The smallest absolute Gasteiger partial charge is 0.236 e. The molecule has 0 aliphatic heterocycles. The molecule has 2 aliphatic carbocycles. The fourth-order valence-electron chi connectivity index (χ4n) is 5.16. The van der Waals surface area contributed by atoms with Crippen LogP contribution < -0.4 is 10.1 Å². The SMILES string of the molecule is CCS(=O)(=O)c1ccc(CC(=O)Nc2cc(C)c3c(n2)CCC(C)(c2cc(C4CC4)c(OC)nn2)C3=O)cc1. The number of sulfone groups is 1. The molecule has 1 N–H and O–H groups in total. The predicted molar refractivity (Wildman–Crippen MR) is 146 cm³/mol. The van der Waals surface area contributed by atoms with Crippen molar-refractivity contribution in [3.63, 3.8) is 0 Å². The van der Waals surface area contributed by atoms with Gasteiger partial charge in [-0.1, -0.05) is 19.1 Å². The van der Waals surface area contributed by atoms with Crippen LogP contribution >= 0.6 is 0 Å². The molecule has 2 aromatic heterocycles. The van der Waals surface area contributed by atoms with Gasteiger partial charge in [0, 0.05) is 11.1 Å². The van der Waals surface area contributed by atoms with E-state index < -0.39 is 15.3 Å². The van der Waals surface area contributed by atoms with E-state index in [-0.39, 0.29) is 28.8 Å². The summed E-state index contributed by atoms with van der Waals surface area (Å²) in [4.78, 5) is 31.4. The minimum atomic E-state index is -3.29. The van der Waals surface area contributed by atoms with Crippen molar-refractivity contribution >= 4 is 27.3 Å². The van der Waals surface area contributed by atoms with Crippen LogP contribution in [0.15, 0.2) is 41.3 Å². The number of carbonyl (C=O) groups excluding carboxylic acids is 2. The predicted octanol–water partition coefficient (Wildman–Crippen LogP) is 4.13. The van der Waals surface area contributed by atoms with E-state index in [1.54, 1.807) is 32.2 Å². The Morgan fingerprint density at radius 1 is 1.15 bits per heavy atom. The molecule has 0 radical (unpaired) electrons. The van der Waals surface area contributed by atoms with Crippen molar-refractivity contribution < 1.29 is 22.7 Å². The molecule has 2 heterocycles. The summed E-state index contributed by atoms with van der Waals surface area (Å²) in [6.07, 6.45) is 3.32. The number of ether oxygens (including phenoxy) is 1. The van der Waals surface area contributed by atoms with Gasteiger partial charge in [-0.05, 0) is 80.8 Å². The number of ketones is 1. The van der Waals surface area contributed by atoms with Gasteiger partial charge in [-0.15, -0.1) is 5.10 Å². The summed E-state index contributed by atoms with van der Waals surface area (Å²) in [6, 6.07) is 10.0. The van der Waals surface area contributed by atoms with Gasteiger partial charge >= 0.3 is 0 Å². The normalized spacial score (nSPS) is 18.9. The van der Waals surface area contributed by atoms with E-state index in [9.17, 15) is 18.0 Å². The molecule has 1 atom stereocenters. The number of hydrogen-bond donors (Lipinski definition) is 1. The van der Waals surface area contributed by atoms with Crippen molar-refractivity contribution in [1.29, 1.82) is 0 Å². The van der Waals surface area contributed by atoms with Crippen LogP contribution in [0.1, 0.15) is 77.5 Å². The van der Waals surface area contributed by atoms with Crippen LogP contribution in [0, 0.1) is 6.92 Å². The van der Waals surface area contributed by atoms with E-state index in [1.165, 1.54) is 12.1 Å². The minimum absolute atomic E-state index is 0.0207. The molecular weight excluding hydrogens is 516 g/mol. The Bertz CT molecular complexity index is 1570. The van der Waals surface area contributed by atoms with E-state index in [0.717, 1.165) is 24.0 Å². The number of benzene rings is 1. The average Bonchev–Trinajstić information content (AvgIpc) is 3.76. The van der Waals surface area contributed by atoms with Crippen LogP contribution in [0.3, 0.4) is 0 Å². The lowest BCUT2D eigenvalue weighted by Gasteiger charge is -2.33. The highest BCUT2D eigenvalue weighted by Gasteiger charge is 2.44.